The fraction of sp³-hybridized carbons (Fsp3) is 0.200. The topological polar surface area (TPSA) is 52.8 Å². The summed E-state index contributed by atoms with van der Waals surface area (Å²) in [5.74, 6) is 1.54. The van der Waals surface area contributed by atoms with Crippen LogP contribution in [-0.4, -0.2) is 18.3 Å². The molecule has 0 amide bonds. The van der Waals surface area contributed by atoms with Crippen molar-refractivity contribution in [2.75, 3.05) is 13.7 Å². The van der Waals surface area contributed by atoms with Crippen molar-refractivity contribution < 1.29 is 9.47 Å². The molecule has 6 rings (SSSR count). The molecule has 2 aliphatic rings. The summed E-state index contributed by atoms with van der Waals surface area (Å²) in [6, 6.07) is 20.2. The molecular formula is C30H24Br2N2O3S. The van der Waals surface area contributed by atoms with Crippen molar-refractivity contribution in [3.8, 4) is 11.5 Å². The zero-order valence-electron chi connectivity index (χ0n) is 20.8. The molecule has 2 heterocycles. The van der Waals surface area contributed by atoms with Crippen LogP contribution in [0.15, 0.2) is 85.0 Å². The average Bonchev–Trinajstić information content (AvgIpc) is 3.23. The van der Waals surface area contributed by atoms with Gasteiger partial charge in [-0.2, -0.15) is 0 Å². The quantitative estimate of drug-likeness (QED) is 0.256. The summed E-state index contributed by atoms with van der Waals surface area (Å²) in [4.78, 5) is 19.8. The van der Waals surface area contributed by atoms with Crippen molar-refractivity contribution in [2.24, 2.45) is 4.99 Å². The highest BCUT2D eigenvalue weighted by Gasteiger charge is 2.32. The molecule has 0 N–H and O–H groups in total. The van der Waals surface area contributed by atoms with Crippen LogP contribution in [0, 0.1) is 0 Å². The first-order valence-electron chi connectivity index (χ1n) is 12.4. The second kappa shape index (κ2) is 10.3. The van der Waals surface area contributed by atoms with E-state index in [0.717, 1.165) is 55.7 Å². The minimum Gasteiger partial charge on any atom is -0.497 e. The van der Waals surface area contributed by atoms with Gasteiger partial charge in [0, 0.05) is 5.56 Å². The Balaban J connectivity index is 1.56. The number of ether oxygens (including phenoxy) is 2. The van der Waals surface area contributed by atoms with E-state index in [0.29, 0.717) is 15.9 Å². The highest BCUT2D eigenvalue weighted by atomic mass is 79.9. The van der Waals surface area contributed by atoms with Crippen LogP contribution in [-0.2, 0) is 6.42 Å². The third kappa shape index (κ3) is 4.38. The fourth-order valence-corrected chi connectivity index (χ4v) is 7.66. The van der Waals surface area contributed by atoms with Crippen molar-refractivity contribution in [1.29, 1.82) is 0 Å². The van der Waals surface area contributed by atoms with E-state index in [4.69, 9.17) is 14.5 Å². The maximum Gasteiger partial charge on any atom is 0.271 e. The van der Waals surface area contributed by atoms with Gasteiger partial charge in [0.15, 0.2) is 4.80 Å². The van der Waals surface area contributed by atoms with Gasteiger partial charge in [-0.1, -0.05) is 47.7 Å². The number of hydrogen-bond donors (Lipinski definition) is 0. The molecule has 0 radical (unpaired) electrons. The number of thiazole rings is 1. The summed E-state index contributed by atoms with van der Waals surface area (Å²) in [5, 5.41) is 0. The first-order chi connectivity index (χ1) is 18.5. The van der Waals surface area contributed by atoms with Gasteiger partial charge in [0.1, 0.15) is 11.5 Å². The molecule has 5 nitrogen and oxygen atoms in total. The normalized spacial score (nSPS) is 16.4. The molecule has 0 bridgehead atoms. The van der Waals surface area contributed by atoms with Crippen LogP contribution >= 0.6 is 43.2 Å². The first kappa shape index (κ1) is 25.3. The Bertz CT molecular complexity index is 1750. The number of rotatable bonds is 5. The average molecular weight is 652 g/mol. The Morgan fingerprint density at radius 1 is 1.08 bits per heavy atom. The molecule has 1 atom stereocenters. The Kier molecular flexibility index (Phi) is 6.88. The smallest absolute Gasteiger partial charge is 0.271 e. The standard InChI is InChI=1S/C30H24Br2N2O3S/c1-3-37-28-23(31)14-17(15-24(28)32)16-25-29(35)34-27(19-8-11-20(36-2)12-9-19)22-13-10-18-6-4-5-7-21(18)26(22)33-30(34)38-25/h4-9,11-12,14-16,27H,3,10,13H2,1-2H3/b25-16-/t27-/m0/s1. The first-order valence-corrected chi connectivity index (χ1v) is 14.8. The van der Waals surface area contributed by atoms with Gasteiger partial charge in [0.25, 0.3) is 5.56 Å². The number of halogens is 2. The Hall–Kier alpha value is -2.94. The molecule has 0 fully saturated rings. The number of hydrogen-bond acceptors (Lipinski definition) is 5. The predicted molar refractivity (Wildman–Crippen MR) is 159 cm³/mol. The predicted octanol–water partition coefficient (Wildman–Crippen LogP) is 6.25. The summed E-state index contributed by atoms with van der Waals surface area (Å²) >= 11 is 8.64. The lowest BCUT2D eigenvalue weighted by Crippen LogP contribution is -2.38. The molecule has 8 heteroatoms. The zero-order valence-corrected chi connectivity index (χ0v) is 24.8. The van der Waals surface area contributed by atoms with Gasteiger partial charge in [0.05, 0.1) is 38.9 Å². The van der Waals surface area contributed by atoms with Crippen LogP contribution in [0.4, 0.5) is 0 Å². The number of aromatic nitrogens is 1. The van der Waals surface area contributed by atoms with Gasteiger partial charge in [0.2, 0.25) is 0 Å². The molecule has 38 heavy (non-hydrogen) atoms. The Morgan fingerprint density at radius 3 is 2.53 bits per heavy atom. The van der Waals surface area contributed by atoms with E-state index < -0.39 is 0 Å². The maximum absolute atomic E-state index is 14.0. The van der Waals surface area contributed by atoms with Crippen LogP contribution < -0.4 is 24.4 Å². The third-order valence-corrected chi connectivity index (χ3v) is 9.07. The van der Waals surface area contributed by atoms with E-state index in [1.54, 1.807) is 7.11 Å². The van der Waals surface area contributed by atoms with E-state index >= 15 is 0 Å². The van der Waals surface area contributed by atoms with Crippen molar-refractivity contribution in [3.05, 3.63) is 117 Å². The molecule has 1 aromatic heterocycles. The number of fused-ring (bicyclic) bond motifs is 3. The third-order valence-electron chi connectivity index (χ3n) is 6.91. The monoisotopic (exact) mass is 650 g/mol. The van der Waals surface area contributed by atoms with E-state index in [1.165, 1.54) is 22.5 Å². The van der Waals surface area contributed by atoms with E-state index in [1.807, 2.05) is 41.8 Å². The van der Waals surface area contributed by atoms with Crippen molar-refractivity contribution in [2.45, 2.75) is 25.8 Å². The summed E-state index contributed by atoms with van der Waals surface area (Å²) in [7, 11) is 1.66. The summed E-state index contributed by atoms with van der Waals surface area (Å²) in [6.07, 6.45) is 3.71. The van der Waals surface area contributed by atoms with Gasteiger partial charge in [-0.05, 0) is 104 Å². The van der Waals surface area contributed by atoms with Gasteiger partial charge >= 0.3 is 0 Å². The highest BCUT2D eigenvalue weighted by molar-refractivity contribution is 9.11. The molecule has 0 spiro atoms. The zero-order chi connectivity index (χ0) is 26.4. The molecule has 0 saturated carbocycles. The minimum atomic E-state index is -0.221. The summed E-state index contributed by atoms with van der Waals surface area (Å²) in [5.41, 5.74) is 6.53. The van der Waals surface area contributed by atoms with Crippen LogP contribution in [0.5, 0.6) is 11.5 Å². The SMILES string of the molecule is CCOc1c(Br)cc(/C=c2\sc3n(c2=O)[C@@H](c2ccc(OC)cc2)C2=C(N=3)c3ccccc3CC2)cc1Br. The highest BCUT2D eigenvalue weighted by Crippen LogP contribution is 2.41. The number of allylic oxidation sites excluding steroid dienone is 1. The molecule has 3 aromatic carbocycles. The second-order valence-corrected chi connectivity index (χ2v) is 11.9. The van der Waals surface area contributed by atoms with Crippen LogP contribution in [0.1, 0.15) is 41.6 Å². The van der Waals surface area contributed by atoms with Gasteiger partial charge < -0.3 is 9.47 Å². The van der Waals surface area contributed by atoms with Gasteiger partial charge in [-0.3, -0.25) is 9.36 Å². The van der Waals surface area contributed by atoms with Crippen molar-refractivity contribution in [1.82, 2.24) is 4.57 Å². The lowest BCUT2D eigenvalue weighted by Gasteiger charge is -2.30. The lowest BCUT2D eigenvalue weighted by atomic mass is 9.83. The van der Waals surface area contributed by atoms with Crippen molar-refractivity contribution >= 4 is 55.0 Å². The Morgan fingerprint density at radius 2 is 1.82 bits per heavy atom. The lowest BCUT2D eigenvalue weighted by molar-refractivity contribution is 0.336. The molecule has 0 saturated heterocycles. The molecule has 1 aliphatic heterocycles. The van der Waals surface area contributed by atoms with E-state index in [2.05, 4.69) is 68.3 Å². The fourth-order valence-electron chi connectivity index (χ4n) is 5.21. The molecule has 192 valence electrons. The molecule has 4 aromatic rings. The molecule has 1 aliphatic carbocycles. The molecule has 0 unspecified atom stereocenters. The summed E-state index contributed by atoms with van der Waals surface area (Å²) < 4.78 is 15.3. The minimum absolute atomic E-state index is 0.0406. The molecular weight excluding hydrogens is 628 g/mol. The van der Waals surface area contributed by atoms with Crippen LogP contribution in [0.2, 0.25) is 0 Å². The summed E-state index contributed by atoms with van der Waals surface area (Å²) in [6.45, 7) is 2.51. The second-order valence-electron chi connectivity index (χ2n) is 9.13. The number of benzene rings is 3. The van der Waals surface area contributed by atoms with Crippen molar-refractivity contribution in [3.63, 3.8) is 0 Å². The number of methoxy groups -OCH3 is 1. The maximum atomic E-state index is 14.0. The van der Waals surface area contributed by atoms with Crippen LogP contribution in [0.25, 0.3) is 11.8 Å². The Labute approximate surface area is 241 Å². The van der Waals surface area contributed by atoms with E-state index in [-0.39, 0.29) is 11.6 Å². The van der Waals surface area contributed by atoms with E-state index in [9.17, 15) is 4.79 Å². The van der Waals surface area contributed by atoms with Gasteiger partial charge in [-0.25, -0.2) is 4.99 Å². The van der Waals surface area contributed by atoms with Crippen LogP contribution in [0.3, 0.4) is 0 Å². The largest absolute Gasteiger partial charge is 0.497 e. The van der Waals surface area contributed by atoms with Gasteiger partial charge in [-0.15, -0.1) is 0 Å². The number of aryl methyl sites for hydroxylation is 1. The number of nitrogens with zero attached hydrogens (tertiary/aromatic N) is 2.